The zero-order valence-corrected chi connectivity index (χ0v) is 12.9. The fourth-order valence-corrected chi connectivity index (χ4v) is 5.12. The Kier molecular flexibility index (Phi) is 3.10. The highest BCUT2D eigenvalue weighted by molar-refractivity contribution is 6.01. The van der Waals surface area contributed by atoms with E-state index in [0.29, 0.717) is 6.42 Å². The molecular weight excluding hydrogens is 284 g/mol. The van der Waals surface area contributed by atoms with Crippen LogP contribution in [0.25, 0.3) is 0 Å². The van der Waals surface area contributed by atoms with E-state index in [1.54, 1.807) is 0 Å². The summed E-state index contributed by atoms with van der Waals surface area (Å²) in [4.78, 5) is 37.0. The van der Waals surface area contributed by atoms with Crippen LogP contribution in [0.3, 0.4) is 0 Å². The molecule has 1 aliphatic heterocycles. The first kappa shape index (κ1) is 14.2. The van der Waals surface area contributed by atoms with Crippen molar-refractivity contribution >= 4 is 17.7 Å². The second kappa shape index (κ2) is 4.80. The van der Waals surface area contributed by atoms with Crippen molar-refractivity contribution in [2.24, 2.45) is 23.7 Å². The lowest BCUT2D eigenvalue weighted by Crippen LogP contribution is -2.44. The molecule has 1 saturated heterocycles. The van der Waals surface area contributed by atoms with Gasteiger partial charge in [-0.2, -0.15) is 0 Å². The molecular formula is C17H22O5. The molecule has 22 heavy (non-hydrogen) atoms. The lowest BCUT2D eigenvalue weighted by molar-refractivity contribution is -0.174. The molecule has 120 valence electrons. The summed E-state index contributed by atoms with van der Waals surface area (Å²) in [5.74, 6) is -2.29. The smallest absolute Gasteiger partial charge is 0.311 e. The Labute approximate surface area is 129 Å². The van der Waals surface area contributed by atoms with Crippen molar-refractivity contribution in [3.05, 3.63) is 0 Å². The van der Waals surface area contributed by atoms with Gasteiger partial charge in [0.25, 0.3) is 0 Å². The van der Waals surface area contributed by atoms with E-state index >= 15 is 0 Å². The number of rotatable bonds is 3. The highest BCUT2D eigenvalue weighted by Gasteiger charge is 2.69. The summed E-state index contributed by atoms with van der Waals surface area (Å²) in [5.41, 5.74) is -0.387. The van der Waals surface area contributed by atoms with Crippen LogP contribution in [0.1, 0.15) is 51.9 Å². The quantitative estimate of drug-likeness (QED) is 0.746. The van der Waals surface area contributed by atoms with Gasteiger partial charge in [0.15, 0.2) is 11.9 Å². The van der Waals surface area contributed by atoms with Gasteiger partial charge < -0.3 is 9.47 Å². The van der Waals surface area contributed by atoms with Crippen LogP contribution in [-0.4, -0.2) is 29.4 Å². The molecule has 0 aromatic carbocycles. The van der Waals surface area contributed by atoms with E-state index in [-0.39, 0.29) is 35.2 Å². The third kappa shape index (κ3) is 1.80. The maximum atomic E-state index is 12.8. The predicted octanol–water partition coefficient (Wildman–Crippen LogP) is 2.02. The SMILES string of the molecule is CCC1(OC(=O)C2C3CC4C(OC(=O)C42)C3=O)CCCCC1. The third-order valence-corrected chi connectivity index (χ3v) is 6.36. The molecule has 4 rings (SSSR count). The summed E-state index contributed by atoms with van der Waals surface area (Å²) in [6.45, 7) is 2.05. The Morgan fingerprint density at radius 3 is 2.68 bits per heavy atom. The van der Waals surface area contributed by atoms with Crippen LogP contribution < -0.4 is 0 Å². The van der Waals surface area contributed by atoms with Crippen LogP contribution in [-0.2, 0) is 23.9 Å². The molecule has 0 aromatic rings. The van der Waals surface area contributed by atoms with Crippen molar-refractivity contribution in [1.82, 2.24) is 0 Å². The van der Waals surface area contributed by atoms with Crippen molar-refractivity contribution < 1.29 is 23.9 Å². The Hall–Kier alpha value is -1.39. The average molecular weight is 306 g/mol. The molecule has 5 atom stereocenters. The van der Waals surface area contributed by atoms with Gasteiger partial charge in [0.1, 0.15) is 5.60 Å². The Morgan fingerprint density at radius 2 is 2.00 bits per heavy atom. The van der Waals surface area contributed by atoms with E-state index in [4.69, 9.17) is 9.47 Å². The Bertz CT molecular complexity index is 533. The lowest BCUT2D eigenvalue weighted by atomic mass is 9.78. The van der Waals surface area contributed by atoms with Gasteiger partial charge in [0.2, 0.25) is 0 Å². The van der Waals surface area contributed by atoms with E-state index in [1.807, 2.05) is 6.92 Å². The molecule has 2 bridgehead atoms. The fraction of sp³-hybridized carbons (Fsp3) is 0.824. The summed E-state index contributed by atoms with van der Waals surface area (Å²) >= 11 is 0. The van der Waals surface area contributed by atoms with Crippen LogP contribution >= 0.6 is 0 Å². The minimum Gasteiger partial charge on any atom is -0.459 e. The molecule has 0 radical (unpaired) electrons. The van der Waals surface area contributed by atoms with Crippen LogP contribution in [0.2, 0.25) is 0 Å². The fourth-order valence-electron chi connectivity index (χ4n) is 5.12. The number of ether oxygens (including phenoxy) is 2. The van der Waals surface area contributed by atoms with Gasteiger partial charge in [-0.1, -0.05) is 13.3 Å². The number of esters is 2. The standard InChI is InChI=1S/C17H22O5/c1-2-17(6-4-3-5-7-17)22-16(20)11-9-8-10-12(11)15(19)21-14(10)13(9)18/h9-12,14H,2-8H2,1H3. The van der Waals surface area contributed by atoms with Gasteiger partial charge in [0, 0.05) is 11.8 Å². The molecule has 0 aromatic heterocycles. The molecule has 3 saturated carbocycles. The van der Waals surface area contributed by atoms with E-state index in [2.05, 4.69) is 0 Å². The molecule has 0 spiro atoms. The van der Waals surface area contributed by atoms with E-state index < -0.39 is 17.9 Å². The van der Waals surface area contributed by atoms with E-state index in [0.717, 1.165) is 32.1 Å². The van der Waals surface area contributed by atoms with Crippen molar-refractivity contribution in [2.45, 2.75) is 63.6 Å². The average Bonchev–Trinajstić information content (AvgIpc) is 3.12. The van der Waals surface area contributed by atoms with Gasteiger partial charge in [-0.3, -0.25) is 14.4 Å². The second-order valence-electron chi connectivity index (χ2n) is 7.34. The largest absolute Gasteiger partial charge is 0.459 e. The number of carbonyl (C=O) groups excluding carboxylic acids is 3. The monoisotopic (exact) mass is 306 g/mol. The van der Waals surface area contributed by atoms with Crippen LogP contribution in [0.15, 0.2) is 0 Å². The Morgan fingerprint density at radius 1 is 1.27 bits per heavy atom. The predicted molar refractivity (Wildman–Crippen MR) is 75.7 cm³/mol. The van der Waals surface area contributed by atoms with Gasteiger partial charge in [0.05, 0.1) is 11.8 Å². The van der Waals surface area contributed by atoms with Crippen LogP contribution in [0.5, 0.6) is 0 Å². The number of fused-ring (bicyclic) bond motifs is 1. The number of hydrogen-bond acceptors (Lipinski definition) is 5. The molecule has 5 heteroatoms. The number of Topliss-reactive ketones (excluding diaryl/α,β-unsaturated/α-hetero) is 1. The minimum absolute atomic E-state index is 0.0664. The topological polar surface area (TPSA) is 69.7 Å². The summed E-state index contributed by atoms with van der Waals surface area (Å²) in [7, 11) is 0. The first-order chi connectivity index (χ1) is 10.6. The highest BCUT2D eigenvalue weighted by Crippen LogP contribution is 2.56. The Balaban J connectivity index is 1.56. The summed E-state index contributed by atoms with van der Waals surface area (Å²) in [6, 6.07) is 0. The molecule has 5 unspecified atom stereocenters. The summed E-state index contributed by atoms with van der Waals surface area (Å²) in [5, 5.41) is 0. The lowest BCUT2D eigenvalue weighted by Gasteiger charge is -2.37. The second-order valence-corrected chi connectivity index (χ2v) is 7.34. The number of carbonyl (C=O) groups is 3. The van der Waals surface area contributed by atoms with E-state index in [9.17, 15) is 14.4 Å². The van der Waals surface area contributed by atoms with E-state index in [1.165, 1.54) is 6.42 Å². The number of hydrogen-bond donors (Lipinski definition) is 0. The molecule has 3 aliphatic carbocycles. The molecule has 4 aliphatic rings. The van der Waals surface area contributed by atoms with Crippen molar-refractivity contribution in [3.63, 3.8) is 0 Å². The van der Waals surface area contributed by atoms with Gasteiger partial charge in [-0.15, -0.1) is 0 Å². The maximum absolute atomic E-state index is 12.8. The zero-order chi connectivity index (χ0) is 15.5. The first-order valence-electron chi connectivity index (χ1n) is 8.53. The summed E-state index contributed by atoms with van der Waals surface area (Å²) in [6.07, 6.45) is 5.94. The molecule has 0 N–H and O–H groups in total. The highest BCUT2D eigenvalue weighted by atomic mass is 16.6. The van der Waals surface area contributed by atoms with Crippen molar-refractivity contribution in [1.29, 1.82) is 0 Å². The van der Waals surface area contributed by atoms with Gasteiger partial charge in [-0.05, 0) is 38.5 Å². The van der Waals surface area contributed by atoms with Gasteiger partial charge in [-0.25, -0.2) is 0 Å². The van der Waals surface area contributed by atoms with Crippen molar-refractivity contribution in [2.75, 3.05) is 0 Å². The molecule has 1 heterocycles. The minimum atomic E-state index is -0.603. The van der Waals surface area contributed by atoms with Crippen LogP contribution in [0.4, 0.5) is 0 Å². The maximum Gasteiger partial charge on any atom is 0.311 e. The normalized spacial score (nSPS) is 41.6. The van der Waals surface area contributed by atoms with Crippen LogP contribution in [0, 0.1) is 23.7 Å². The third-order valence-electron chi connectivity index (χ3n) is 6.36. The van der Waals surface area contributed by atoms with Crippen molar-refractivity contribution in [3.8, 4) is 0 Å². The summed E-state index contributed by atoms with van der Waals surface area (Å²) < 4.78 is 11.1. The zero-order valence-electron chi connectivity index (χ0n) is 12.9. The number of ketones is 1. The van der Waals surface area contributed by atoms with Gasteiger partial charge >= 0.3 is 11.9 Å². The molecule has 4 fully saturated rings. The molecule has 0 amide bonds. The molecule has 5 nitrogen and oxygen atoms in total. The first-order valence-corrected chi connectivity index (χ1v) is 8.53.